The van der Waals surface area contributed by atoms with Crippen molar-refractivity contribution in [3.63, 3.8) is 0 Å². The molecule has 11 heteroatoms. The number of hydrogen-bond acceptors (Lipinski definition) is 5. The summed E-state index contributed by atoms with van der Waals surface area (Å²) in [7, 11) is 1.35. The second-order valence-corrected chi connectivity index (χ2v) is 7.51. The molecule has 0 spiro atoms. The molecule has 0 atom stereocenters. The molecule has 4 rings (SSSR count). The van der Waals surface area contributed by atoms with Gasteiger partial charge in [0.15, 0.2) is 0 Å². The number of pyridine rings is 1. The minimum atomic E-state index is -4.62. The molecule has 2 aromatic carbocycles. The van der Waals surface area contributed by atoms with Gasteiger partial charge in [-0.05, 0) is 55.5 Å². The first-order chi connectivity index (χ1) is 16.7. The van der Waals surface area contributed by atoms with Crippen molar-refractivity contribution in [2.24, 2.45) is 0 Å². The molecule has 8 nitrogen and oxygen atoms in total. The lowest BCUT2D eigenvalue weighted by molar-refractivity contribution is -0.137. The highest BCUT2D eigenvalue weighted by Gasteiger charge is 2.31. The zero-order valence-electron chi connectivity index (χ0n) is 18.5. The quantitative estimate of drug-likeness (QED) is 0.482. The number of nitriles is 1. The van der Waals surface area contributed by atoms with Gasteiger partial charge in [0.05, 0.1) is 34.8 Å². The van der Waals surface area contributed by atoms with E-state index in [9.17, 15) is 22.8 Å². The highest BCUT2D eigenvalue weighted by molar-refractivity contribution is 5.95. The van der Waals surface area contributed by atoms with Crippen LogP contribution in [0, 0.1) is 18.3 Å². The zero-order valence-corrected chi connectivity index (χ0v) is 18.5. The molecule has 0 saturated heterocycles. The predicted octanol–water partition coefficient (Wildman–Crippen LogP) is 3.64. The van der Waals surface area contributed by atoms with Gasteiger partial charge in [-0.2, -0.15) is 18.4 Å². The highest BCUT2D eigenvalue weighted by atomic mass is 19.4. The first-order valence-electron chi connectivity index (χ1n) is 10.2. The van der Waals surface area contributed by atoms with Crippen LogP contribution in [0.5, 0.6) is 0 Å². The number of aromatic nitrogens is 4. The van der Waals surface area contributed by atoms with Crippen LogP contribution in [-0.4, -0.2) is 32.5 Å². The van der Waals surface area contributed by atoms with Crippen molar-refractivity contribution in [1.82, 2.24) is 24.9 Å². The monoisotopic (exact) mass is 478 g/mol. The van der Waals surface area contributed by atoms with Crippen LogP contribution in [0.4, 0.5) is 13.2 Å². The van der Waals surface area contributed by atoms with Crippen molar-refractivity contribution < 1.29 is 18.0 Å². The average Bonchev–Trinajstić information content (AvgIpc) is 3.33. The van der Waals surface area contributed by atoms with Gasteiger partial charge >= 0.3 is 6.18 Å². The Balaban J connectivity index is 1.99. The van der Waals surface area contributed by atoms with Crippen molar-refractivity contribution in [3.8, 4) is 28.7 Å². The number of benzene rings is 2. The van der Waals surface area contributed by atoms with Crippen LogP contribution in [-0.2, 0) is 6.18 Å². The van der Waals surface area contributed by atoms with Gasteiger partial charge < -0.3 is 5.32 Å². The van der Waals surface area contributed by atoms with Crippen molar-refractivity contribution in [2.75, 3.05) is 7.05 Å². The van der Waals surface area contributed by atoms with E-state index in [0.29, 0.717) is 22.5 Å². The molecule has 0 unspecified atom stereocenters. The predicted molar refractivity (Wildman–Crippen MR) is 120 cm³/mol. The first-order valence-corrected chi connectivity index (χ1v) is 10.2. The maximum atomic E-state index is 13.4. The Morgan fingerprint density at radius 1 is 1.09 bits per heavy atom. The fourth-order valence-electron chi connectivity index (χ4n) is 3.68. The summed E-state index contributed by atoms with van der Waals surface area (Å²) in [6, 6.07) is 14.2. The number of nitrogens with zero attached hydrogens (tertiary/aromatic N) is 5. The summed E-state index contributed by atoms with van der Waals surface area (Å²) in [5.41, 5.74) is -0.0161. The van der Waals surface area contributed by atoms with Crippen LogP contribution in [0.1, 0.15) is 27.2 Å². The number of carbonyl (C=O) groups excluding carboxylic acids is 1. The van der Waals surface area contributed by atoms with Crippen molar-refractivity contribution >= 4 is 5.91 Å². The van der Waals surface area contributed by atoms with Gasteiger partial charge in [0.25, 0.3) is 11.5 Å². The molecular formula is C24H17F3N6O2. The summed E-state index contributed by atoms with van der Waals surface area (Å²) in [4.78, 5) is 25.8. The van der Waals surface area contributed by atoms with E-state index in [4.69, 9.17) is 5.26 Å². The maximum Gasteiger partial charge on any atom is 0.416 e. The zero-order chi connectivity index (χ0) is 25.3. The Morgan fingerprint density at radius 3 is 2.43 bits per heavy atom. The summed E-state index contributed by atoms with van der Waals surface area (Å²) in [5, 5.41) is 19.4. The molecule has 35 heavy (non-hydrogen) atoms. The number of nitrogens with one attached hydrogen (secondary N) is 1. The number of hydrogen-bond donors (Lipinski definition) is 1. The molecule has 4 aromatic rings. The lowest BCUT2D eigenvalue weighted by Gasteiger charge is -2.18. The Bertz CT molecular complexity index is 1530. The van der Waals surface area contributed by atoms with Crippen molar-refractivity contribution in [2.45, 2.75) is 13.1 Å². The Labute approximate surface area is 196 Å². The summed E-state index contributed by atoms with van der Waals surface area (Å²) in [6.45, 7) is 1.56. The third-order valence-electron chi connectivity index (χ3n) is 5.42. The van der Waals surface area contributed by atoms with E-state index in [-0.39, 0.29) is 16.9 Å². The highest BCUT2D eigenvalue weighted by Crippen LogP contribution is 2.31. The number of alkyl halides is 3. The van der Waals surface area contributed by atoms with Crippen LogP contribution in [0.25, 0.3) is 22.6 Å². The lowest BCUT2D eigenvalue weighted by atomic mass is 10.1. The van der Waals surface area contributed by atoms with Crippen LogP contribution in [0.2, 0.25) is 0 Å². The molecule has 1 amide bonds. The van der Waals surface area contributed by atoms with Crippen molar-refractivity contribution in [3.05, 3.63) is 93.5 Å². The van der Waals surface area contributed by atoms with E-state index in [1.54, 1.807) is 31.2 Å². The van der Waals surface area contributed by atoms with Gasteiger partial charge in [0.2, 0.25) is 0 Å². The topological polar surface area (TPSA) is 106 Å². The van der Waals surface area contributed by atoms with Crippen LogP contribution >= 0.6 is 0 Å². The van der Waals surface area contributed by atoms with Gasteiger partial charge in [-0.25, -0.2) is 4.68 Å². The Hall–Kier alpha value is -4.72. The largest absolute Gasteiger partial charge is 0.416 e. The van der Waals surface area contributed by atoms with Gasteiger partial charge in [0.1, 0.15) is 5.56 Å². The second-order valence-electron chi connectivity index (χ2n) is 7.51. The van der Waals surface area contributed by atoms with E-state index in [0.717, 1.165) is 16.7 Å². The maximum absolute atomic E-state index is 13.4. The van der Waals surface area contributed by atoms with E-state index < -0.39 is 23.2 Å². The Morgan fingerprint density at radius 2 is 1.80 bits per heavy atom. The lowest BCUT2D eigenvalue weighted by Crippen LogP contribution is -2.32. The standard InChI is InChI=1S/C24H17F3N6O2/c1-14-19(21-13-30-31-33(21)17-8-6-15(12-28)7-9-17)11-20(22(34)29-2)23(35)32(14)18-5-3-4-16(10-18)24(25,26)27/h3-11,13H,1-2H3,(H,29,34). The molecule has 0 bridgehead atoms. The fourth-order valence-corrected chi connectivity index (χ4v) is 3.68. The smallest absolute Gasteiger partial charge is 0.355 e. The molecule has 0 aliphatic rings. The van der Waals surface area contributed by atoms with Crippen LogP contribution < -0.4 is 10.9 Å². The molecule has 0 radical (unpaired) electrons. The summed E-state index contributed by atoms with van der Waals surface area (Å²) >= 11 is 0. The van der Waals surface area contributed by atoms with E-state index in [1.165, 1.54) is 36.1 Å². The van der Waals surface area contributed by atoms with Crippen LogP contribution in [0.15, 0.2) is 65.6 Å². The third kappa shape index (κ3) is 4.29. The van der Waals surface area contributed by atoms with Gasteiger partial charge in [-0.1, -0.05) is 11.3 Å². The van der Waals surface area contributed by atoms with E-state index in [1.807, 2.05) is 6.07 Å². The molecule has 176 valence electrons. The molecule has 0 fully saturated rings. The van der Waals surface area contributed by atoms with Gasteiger partial charge in [-0.3, -0.25) is 14.2 Å². The molecule has 0 saturated carbocycles. The third-order valence-corrected chi connectivity index (χ3v) is 5.42. The van der Waals surface area contributed by atoms with Gasteiger partial charge in [-0.15, -0.1) is 5.10 Å². The number of halogens is 3. The Kier molecular flexibility index (Phi) is 5.96. The second kappa shape index (κ2) is 8.90. The van der Waals surface area contributed by atoms with Crippen molar-refractivity contribution in [1.29, 1.82) is 5.26 Å². The SMILES string of the molecule is CNC(=O)c1cc(-c2cnnn2-c2ccc(C#N)cc2)c(C)n(-c2cccc(C(F)(F)F)c2)c1=O. The molecule has 0 aliphatic heterocycles. The summed E-state index contributed by atoms with van der Waals surface area (Å²) in [6.07, 6.45) is -3.21. The number of amides is 1. The van der Waals surface area contributed by atoms with Gasteiger partial charge in [0, 0.05) is 24.0 Å². The molecule has 2 heterocycles. The molecule has 2 aromatic heterocycles. The summed E-state index contributed by atoms with van der Waals surface area (Å²) < 4.78 is 42.6. The minimum absolute atomic E-state index is 0.0493. The molecule has 0 aliphatic carbocycles. The molecular weight excluding hydrogens is 461 g/mol. The number of carbonyl (C=O) groups is 1. The van der Waals surface area contributed by atoms with Crippen LogP contribution in [0.3, 0.4) is 0 Å². The van der Waals surface area contributed by atoms with E-state index in [2.05, 4.69) is 15.6 Å². The molecule has 1 N–H and O–H groups in total. The minimum Gasteiger partial charge on any atom is -0.355 e. The number of rotatable bonds is 4. The summed E-state index contributed by atoms with van der Waals surface area (Å²) in [5.74, 6) is -0.700. The average molecular weight is 478 g/mol. The normalized spacial score (nSPS) is 11.2. The fraction of sp³-hybridized carbons (Fsp3) is 0.125. The first kappa shape index (κ1) is 23.4. The van der Waals surface area contributed by atoms with E-state index >= 15 is 0 Å².